The number of alkyl halides is 3. The molecule has 10 heteroatoms. The molecule has 0 atom stereocenters. The van der Waals surface area contributed by atoms with Crippen LogP contribution in [0, 0.1) is 0 Å². The van der Waals surface area contributed by atoms with Crippen molar-refractivity contribution in [3.05, 3.63) is 17.8 Å². The highest BCUT2D eigenvalue weighted by molar-refractivity contribution is 8.10. The van der Waals surface area contributed by atoms with E-state index in [-0.39, 0.29) is 0 Å². The van der Waals surface area contributed by atoms with E-state index in [4.69, 9.17) is 10.7 Å². The summed E-state index contributed by atoms with van der Waals surface area (Å²) in [4.78, 5) is 0. The van der Waals surface area contributed by atoms with Gasteiger partial charge >= 0.3 is 15.5 Å². The third kappa shape index (κ3) is 2.89. The Morgan fingerprint density at radius 1 is 1.50 bits per heavy atom. The van der Waals surface area contributed by atoms with E-state index >= 15 is 0 Å². The first-order valence-corrected chi connectivity index (χ1v) is 5.80. The van der Waals surface area contributed by atoms with Crippen molar-refractivity contribution in [1.82, 2.24) is 10.2 Å². The van der Waals surface area contributed by atoms with Gasteiger partial charge < -0.3 is 4.18 Å². The van der Waals surface area contributed by atoms with Gasteiger partial charge in [-0.05, 0) is 0 Å². The van der Waals surface area contributed by atoms with Gasteiger partial charge in [0.1, 0.15) is 0 Å². The molecule has 0 saturated heterocycles. The van der Waals surface area contributed by atoms with Gasteiger partial charge in [0.2, 0.25) is 0 Å². The second kappa shape index (κ2) is 3.98. The maximum atomic E-state index is 12.3. The van der Waals surface area contributed by atoms with Crippen LogP contribution in [-0.2, 0) is 15.5 Å². The third-order valence-corrected chi connectivity index (χ3v) is 1.98. The Balaban J connectivity index is 3.25. The Hall–Kier alpha value is -1.22. The Kier molecular flexibility index (Phi) is 3.20. The molecule has 0 saturated carbocycles. The predicted molar refractivity (Wildman–Crippen MR) is 49.1 cm³/mol. The van der Waals surface area contributed by atoms with E-state index in [1.807, 2.05) is 0 Å². The molecular weight excluding hydrogens is 273 g/mol. The van der Waals surface area contributed by atoms with Gasteiger partial charge in [-0.25, -0.2) is 0 Å². The van der Waals surface area contributed by atoms with E-state index in [0.717, 1.165) is 6.08 Å². The number of rotatable bonds is 3. The minimum atomic E-state index is -4.73. The lowest BCUT2D eigenvalue weighted by atomic mass is 10.2. The summed E-state index contributed by atoms with van der Waals surface area (Å²) in [7, 11) is 0.233. The first kappa shape index (κ1) is 12.8. The minimum absolute atomic E-state index is 0.628. The molecule has 0 fully saturated rings. The van der Waals surface area contributed by atoms with E-state index in [0.29, 0.717) is 0 Å². The average Bonchev–Trinajstić information content (AvgIpc) is 2.43. The quantitative estimate of drug-likeness (QED) is 0.856. The number of nitrogens with one attached hydrogen (secondary N) is 1. The smallest absolute Gasteiger partial charge is 0.348 e. The Bertz CT molecular complexity index is 508. The topological polar surface area (TPSA) is 72.1 Å². The van der Waals surface area contributed by atoms with E-state index in [1.54, 1.807) is 5.10 Å². The van der Waals surface area contributed by atoms with E-state index < -0.39 is 32.6 Å². The summed E-state index contributed by atoms with van der Waals surface area (Å²) < 4.78 is 62.0. The highest BCUT2D eigenvalue weighted by Crippen LogP contribution is 2.35. The molecule has 0 amide bonds. The highest BCUT2D eigenvalue weighted by atomic mass is 35.7. The Labute approximate surface area is 92.5 Å². The van der Waals surface area contributed by atoms with Crippen LogP contribution >= 0.6 is 10.7 Å². The van der Waals surface area contributed by atoms with Crippen molar-refractivity contribution >= 4 is 26.1 Å². The number of H-pyrrole nitrogens is 1. The minimum Gasteiger partial charge on any atom is -0.348 e. The largest absolute Gasteiger partial charge is 0.433 e. The van der Waals surface area contributed by atoms with Gasteiger partial charge in [0.15, 0.2) is 5.69 Å². The number of halogens is 4. The van der Waals surface area contributed by atoms with E-state index in [9.17, 15) is 21.6 Å². The summed E-state index contributed by atoms with van der Waals surface area (Å²) in [5.41, 5.74) is -1.89. The summed E-state index contributed by atoms with van der Waals surface area (Å²) >= 11 is 0. The maximum Gasteiger partial charge on any atom is 0.433 e. The molecule has 0 aliphatic heterocycles. The van der Waals surface area contributed by atoms with Crippen LogP contribution in [0.3, 0.4) is 0 Å². The first-order valence-electron chi connectivity index (χ1n) is 3.57. The zero-order valence-electron chi connectivity index (χ0n) is 7.38. The van der Waals surface area contributed by atoms with Gasteiger partial charge in [-0.3, -0.25) is 5.10 Å². The molecule has 0 unspecified atom stereocenters. The molecular formula is C6H4ClF3N2O3S. The number of hydrogen-bond acceptors (Lipinski definition) is 4. The number of aromatic nitrogens is 2. The SMILES string of the molecule is C=Cc1c(OS(=O)(=O)Cl)n[nH]c1C(F)(F)F. The number of hydrogen-bond donors (Lipinski definition) is 1. The monoisotopic (exact) mass is 276 g/mol. The molecule has 90 valence electrons. The summed E-state index contributed by atoms with van der Waals surface area (Å²) in [6.07, 6.45) is -3.97. The van der Waals surface area contributed by atoms with Crippen LogP contribution < -0.4 is 4.18 Å². The zero-order valence-corrected chi connectivity index (χ0v) is 8.95. The molecule has 1 aromatic heterocycles. The molecule has 0 aliphatic rings. The summed E-state index contributed by atoms with van der Waals surface area (Å²) in [5, 5.41) is 4.63. The fourth-order valence-electron chi connectivity index (χ4n) is 0.897. The molecule has 1 N–H and O–H groups in total. The lowest BCUT2D eigenvalue weighted by Gasteiger charge is -2.04. The van der Waals surface area contributed by atoms with Gasteiger partial charge in [0.05, 0.1) is 16.2 Å². The van der Waals surface area contributed by atoms with E-state index in [1.165, 1.54) is 0 Å². The molecule has 0 aliphatic carbocycles. The summed E-state index contributed by atoms with van der Waals surface area (Å²) in [5.74, 6) is -0.808. The Morgan fingerprint density at radius 3 is 2.44 bits per heavy atom. The van der Waals surface area contributed by atoms with Crippen molar-refractivity contribution in [3.63, 3.8) is 0 Å². The fraction of sp³-hybridized carbons (Fsp3) is 0.167. The number of nitrogens with zero attached hydrogens (tertiary/aromatic N) is 1. The van der Waals surface area contributed by atoms with Gasteiger partial charge in [0.25, 0.3) is 5.88 Å². The molecule has 1 heterocycles. The summed E-state index contributed by atoms with van der Waals surface area (Å²) in [6.45, 7) is 3.09. The third-order valence-electron chi connectivity index (χ3n) is 1.44. The van der Waals surface area contributed by atoms with Crippen LogP contribution in [0.15, 0.2) is 6.58 Å². The van der Waals surface area contributed by atoms with Gasteiger partial charge in [0, 0.05) is 0 Å². The second-order valence-electron chi connectivity index (χ2n) is 2.50. The van der Waals surface area contributed by atoms with Gasteiger partial charge in [-0.1, -0.05) is 12.7 Å². The van der Waals surface area contributed by atoms with Crippen molar-refractivity contribution in [3.8, 4) is 5.88 Å². The molecule has 16 heavy (non-hydrogen) atoms. The van der Waals surface area contributed by atoms with Crippen LogP contribution in [0.4, 0.5) is 13.2 Å². The molecule has 1 aromatic rings. The van der Waals surface area contributed by atoms with E-state index in [2.05, 4.69) is 15.9 Å². The molecule has 0 radical (unpaired) electrons. The second-order valence-corrected chi connectivity index (χ2v) is 4.58. The highest BCUT2D eigenvalue weighted by Gasteiger charge is 2.37. The summed E-state index contributed by atoms with van der Waals surface area (Å²) in [6, 6.07) is 0. The van der Waals surface area contributed by atoms with Gasteiger partial charge in [-0.2, -0.15) is 21.6 Å². The maximum absolute atomic E-state index is 12.3. The lowest BCUT2D eigenvalue weighted by Crippen LogP contribution is -2.07. The van der Waals surface area contributed by atoms with Crippen molar-refractivity contribution in [2.75, 3.05) is 0 Å². The molecule has 0 aromatic carbocycles. The van der Waals surface area contributed by atoms with Crippen molar-refractivity contribution in [1.29, 1.82) is 0 Å². The van der Waals surface area contributed by atoms with Crippen LogP contribution in [0.25, 0.3) is 6.08 Å². The normalized spacial score (nSPS) is 12.5. The molecule has 0 spiro atoms. The average molecular weight is 277 g/mol. The lowest BCUT2D eigenvalue weighted by molar-refractivity contribution is -0.141. The van der Waals surface area contributed by atoms with Crippen LogP contribution in [0.1, 0.15) is 11.3 Å². The zero-order chi connectivity index (χ0) is 12.6. The van der Waals surface area contributed by atoms with Crippen LogP contribution in [0.5, 0.6) is 5.88 Å². The molecule has 5 nitrogen and oxygen atoms in total. The fourth-order valence-corrected chi connectivity index (χ4v) is 1.39. The van der Waals surface area contributed by atoms with Crippen LogP contribution in [0.2, 0.25) is 0 Å². The van der Waals surface area contributed by atoms with Crippen molar-refractivity contribution in [2.24, 2.45) is 0 Å². The van der Waals surface area contributed by atoms with Crippen molar-refractivity contribution < 1.29 is 25.8 Å². The Morgan fingerprint density at radius 2 is 2.06 bits per heavy atom. The number of aromatic amines is 1. The van der Waals surface area contributed by atoms with Crippen LogP contribution in [-0.4, -0.2) is 18.6 Å². The molecule has 0 bridgehead atoms. The first-order chi connectivity index (χ1) is 7.15. The molecule has 1 rings (SSSR count). The predicted octanol–water partition coefficient (Wildman–Crippen LogP) is 1.93. The van der Waals surface area contributed by atoms with Gasteiger partial charge in [-0.15, -0.1) is 5.10 Å². The standard InChI is InChI=1S/C6H4ClF3N2O3S/c1-2-3-4(6(8,9)10)11-12-5(3)15-16(7,13)14/h2H,1H2,(H,11,12). The van der Waals surface area contributed by atoms with Crippen molar-refractivity contribution in [2.45, 2.75) is 6.18 Å².